The summed E-state index contributed by atoms with van der Waals surface area (Å²) in [7, 11) is 0. The van der Waals surface area contributed by atoms with Gasteiger partial charge >= 0.3 is 0 Å². The van der Waals surface area contributed by atoms with E-state index in [4.69, 9.17) is 5.73 Å². The van der Waals surface area contributed by atoms with Crippen LogP contribution in [0.25, 0.3) is 0 Å². The highest BCUT2D eigenvalue weighted by Crippen LogP contribution is 2.10. The van der Waals surface area contributed by atoms with Crippen LogP contribution in [0.15, 0.2) is 18.5 Å². The second kappa shape index (κ2) is 4.31. The molecule has 0 saturated carbocycles. The quantitative estimate of drug-likeness (QED) is 0.731. The van der Waals surface area contributed by atoms with Gasteiger partial charge in [0.1, 0.15) is 0 Å². The number of aryl methyl sites for hydroxylation is 1. The van der Waals surface area contributed by atoms with Crippen molar-refractivity contribution in [1.29, 1.82) is 0 Å². The Morgan fingerprint density at radius 2 is 2.33 bits per heavy atom. The van der Waals surface area contributed by atoms with Crippen molar-refractivity contribution in [1.82, 2.24) is 4.57 Å². The number of rotatable bonds is 4. The standard InChI is InChI=1S/C10H18N2/c1-3-4-6-12-7-5-10(8-12)9(2)11/h5,7-9H,3-4,6,11H2,1-2H3/t9-/m1/s1. The predicted octanol–water partition coefficient (Wildman–Crippen LogP) is 2.31. The summed E-state index contributed by atoms with van der Waals surface area (Å²) in [6.45, 7) is 5.33. The first kappa shape index (κ1) is 9.33. The van der Waals surface area contributed by atoms with Crippen molar-refractivity contribution in [3.8, 4) is 0 Å². The normalized spacial score (nSPS) is 13.2. The molecule has 0 aliphatic heterocycles. The van der Waals surface area contributed by atoms with Gasteiger partial charge in [0.15, 0.2) is 0 Å². The maximum atomic E-state index is 5.74. The molecule has 0 unspecified atom stereocenters. The van der Waals surface area contributed by atoms with Crippen LogP contribution in [0.5, 0.6) is 0 Å². The molecule has 1 aromatic heterocycles. The van der Waals surface area contributed by atoms with Crippen molar-refractivity contribution in [3.63, 3.8) is 0 Å². The third kappa shape index (κ3) is 2.38. The van der Waals surface area contributed by atoms with E-state index < -0.39 is 0 Å². The number of unbranched alkanes of at least 4 members (excludes halogenated alkanes) is 1. The topological polar surface area (TPSA) is 30.9 Å². The highest BCUT2D eigenvalue weighted by atomic mass is 14.9. The van der Waals surface area contributed by atoms with Gasteiger partial charge in [0.2, 0.25) is 0 Å². The highest BCUT2D eigenvalue weighted by Gasteiger charge is 2.00. The lowest BCUT2D eigenvalue weighted by Crippen LogP contribution is -2.03. The molecule has 0 fully saturated rings. The lowest BCUT2D eigenvalue weighted by molar-refractivity contribution is 0.632. The van der Waals surface area contributed by atoms with Crippen LogP contribution in [0.1, 0.15) is 38.3 Å². The monoisotopic (exact) mass is 166 g/mol. The molecule has 12 heavy (non-hydrogen) atoms. The van der Waals surface area contributed by atoms with E-state index in [2.05, 4.69) is 30.0 Å². The fraction of sp³-hybridized carbons (Fsp3) is 0.600. The second-order valence-electron chi connectivity index (χ2n) is 3.32. The van der Waals surface area contributed by atoms with Gasteiger partial charge in [-0.2, -0.15) is 0 Å². The molecule has 0 bridgehead atoms. The van der Waals surface area contributed by atoms with Crippen molar-refractivity contribution in [2.75, 3.05) is 0 Å². The first-order valence-electron chi connectivity index (χ1n) is 4.65. The zero-order valence-corrected chi connectivity index (χ0v) is 7.96. The van der Waals surface area contributed by atoms with Gasteiger partial charge in [0.25, 0.3) is 0 Å². The predicted molar refractivity (Wildman–Crippen MR) is 51.9 cm³/mol. The average molecular weight is 166 g/mol. The maximum absolute atomic E-state index is 5.74. The van der Waals surface area contributed by atoms with Crippen LogP contribution in [0.2, 0.25) is 0 Å². The Kier molecular flexibility index (Phi) is 3.35. The summed E-state index contributed by atoms with van der Waals surface area (Å²) in [4.78, 5) is 0. The minimum absolute atomic E-state index is 0.160. The summed E-state index contributed by atoms with van der Waals surface area (Å²) in [5, 5.41) is 0. The number of nitrogens with two attached hydrogens (primary N) is 1. The lowest BCUT2D eigenvalue weighted by atomic mass is 10.2. The van der Waals surface area contributed by atoms with Gasteiger partial charge in [-0.15, -0.1) is 0 Å². The molecule has 0 radical (unpaired) electrons. The molecule has 1 atom stereocenters. The Balaban J connectivity index is 2.52. The van der Waals surface area contributed by atoms with Crippen molar-refractivity contribution < 1.29 is 0 Å². The third-order valence-electron chi connectivity index (χ3n) is 2.07. The van der Waals surface area contributed by atoms with E-state index in [-0.39, 0.29) is 6.04 Å². The van der Waals surface area contributed by atoms with Gasteiger partial charge in [-0.1, -0.05) is 13.3 Å². The molecule has 1 rings (SSSR count). The van der Waals surface area contributed by atoms with E-state index in [1.54, 1.807) is 0 Å². The molecule has 0 spiro atoms. The summed E-state index contributed by atoms with van der Waals surface area (Å²) in [5.41, 5.74) is 6.97. The van der Waals surface area contributed by atoms with Crippen LogP contribution in [0.3, 0.4) is 0 Å². The maximum Gasteiger partial charge on any atom is 0.0281 e. The van der Waals surface area contributed by atoms with Gasteiger partial charge in [-0.3, -0.25) is 0 Å². The Morgan fingerprint density at radius 3 is 2.83 bits per heavy atom. The molecule has 0 amide bonds. The zero-order chi connectivity index (χ0) is 8.97. The highest BCUT2D eigenvalue weighted by molar-refractivity contribution is 5.13. The van der Waals surface area contributed by atoms with E-state index in [1.807, 2.05) is 6.92 Å². The molecule has 0 aliphatic carbocycles. The summed E-state index contributed by atoms with van der Waals surface area (Å²) in [5.74, 6) is 0. The fourth-order valence-corrected chi connectivity index (χ4v) is 1.21. The Bertz CT molecular complexity index is 225. The van der Waals surface area contributed by atoms with Crippen molar-refractivity contribution in [2.45, 2.75) is 39.3 Å². The van der Waals surface area contributed by atoms with E-state index in [0.29, 0.717) is 0 Å². The molecule has 0 aliphatic rings. The number of hydrogen-bond donors (Lipinski definition) is 1. The molecule has 68 valence electrons. The van der Waals surface area contributed by atoms with Crippen LogP contribution in [-0.4, -0.2) is 4.57 Å². The molecule has 1 aromatic rings. The Morgan fingerprint density at radius 1 is 1.58 bits per heavy atom. The van der Waals surface area contributed by atoms with E-state index in [9.17, 15) is 0 Å². The minimum Gasteiger partial charge on any atom is -0.354 e. The van der Waals surface area contributed by atoms with Gasteiger partial charge in [0, 0.05) is 25.0 Å². The summed E-state index contributed by atoms with van der Waals surface area (Å²) in [6.07, 6.45) is 6.73. The van der Waals surface area contributed by atoms with Crippen LogP contribution in [-0.2, 0) is 6.54 Å². The number of aromatic nitrogens is 1. The Labute approximate surface area is 74.4 Å². The molecule has 2 nitrogen and oxygen atoms in total. The van der Waals surface area contributed by atoms with Crippen molar-refractivity contribution in [2.24, 2.45) is 5.73 Å². The smallest absolute Gasteiger partial charge is 0.0281 e. The largest absolute Gasteiger partial charge is 0.354 e. The molecule has 2 heteroatoms. The van der Waals surface area contributed by atoms with Crippen LogP contribution < -0.4 is 5.73 Å². The lowest BCUT2D eigenvalue weighted by Gasteiger charge is -2.01. The molecule has 1 heterocycles. The first-order chi connectivity index (χ1) is 5.74. The fourth-order valence-electron chi connectivity index (χ4n) is 1.21. The van der Waals surface area contributed by atoms with Crippen molar-refractivity contribution in [3.05, 3.63) is 24.0 Å². The van der Waals surface area contributed by atoms with Crippen LogP contribution in [0, 0.1) is 0 Å². The van der Waals surface area contributed by atoms with Gasteiger partial charge in [-0.05, 0) is 25.0 Å². The molecule has 0 aromatic carbocycles. The van der Waals surface area contributed by atoms with Gasteiger partial charge in [-0.25, -0.2) is 0 Å². The van der Waals surface area contributed by atoms with E-state index in [1.165, 1.54) is 18.4 Å². The summed E-state index contributed by atoms with van der Waals surface area (Å²) >= 11 is 0. The molecular formula is C10H18N2. The van der Waals surface area contributed by atoms with Crippen LogP contribution >= 0.6 is 0 Å². The average Bonchev–Trinajstić information content (AvgIpc) is 2.48. The van der Waals surface area contributed by atoms with Gasteiger partial charge < -0.3 is 10.3 Å². The summed E-state index contributed by atoms with van der Waals surface area (Å²) in [6, 6.07) is 2.26. The minimum atomic E-state index is 0.160. The number of nitrogens with zero attached hydrogens (tertiary/aromatic N) is 1. The van der Waals surface area contributed by atoms with Crippen molar-refractivity contribution >= 4 is 0 Å². The van der Waals surface area contributed by atoms with E-state index in [0.717, 1.165) is 6.54 Å². The van der Waals surface area contributed by atoms with Gasteiger partial charge in [0.05, 0.1) is 0 Å². The zero-order valence-electron chi connectivity index (χ0n) is 7.96. The molecular weight excluding hydrogens is 148 g/mol. The summed E-state index contributed by atoms with van der Waals surface area (Å²) < 4.78 is 2.21. The SMILES string of the molecule is CCCCn1ccc([C@@H](C)N)c1. The third-order valence-corrected chi connectivity index (χ3v) is 2.07. The first-order valence-corrected chi connectivity index (χ1v) is 4.65. The molecule has 2 N–H and O–H groups in total. The molecule has 0 saturated heterocycles. The second-order valence-corrected chi connectivity index (χ2v) is 3.32. The number of hydrogen-bond acceptors (Lipinski definition) is 1. The van der Waals surface area contributed by atoms with E-state index >= 15 is 0 Å². The Hall–Kier alpha value is -0.760. The van der Waals surface area contributed by atoms with Crippen LogP contribution in [0.4, 0.5) is 0 Å².